The average molecular weight is 263 g/mol. The molecule has 0 bridgehead atoms. The minimum Gasteiger partial charge on any atom is -0.461 e. The van der Waals surface area contributed by atoms with Gasteiger partial charge in [0.2, 0.25) is 0 Å². The standard InChI is InChI=1S/C13H14FN3O2/c1-3-19-13(18)11-8-12(17(2)16-11)15-10-6-4-9(14)5-7-10/h4-8,15H,3H2,1-2H3. The summed E-state index contributed by atoms with van der Waals surface area (Å²) in [5, 5.41) is 7.09. The maximum Gasteiger partial charge on any atom is 0.358 e. The van der Waals surface area contributed by atoms with Crippen molar-refractivity contribution in [1.29, 1.82) is 0 Å². The van der Waals surface area contributed by atoms with Gasteiger partial charge in [-0.25, -0.2) is 9.18 Å². The molecule has 0 spiro atoms. The van der Waals surface area contributed by atoms with Crippen LogP contribution in [0, 0.1) is 5.82 Å². The van der Waals surface area contributed by atoms with Crippen LogP contribution in [0.25, 0.3) is 0 Å². The second-order valence-electron chi connectivity index (χ2n) is 3.89. The summed E-state index contributed by atoms with van der Waals surface area (Å²) in [5.41, 5.74) is 0.939. The summed E-state index contributed by atoms with van der Waals surface area (Å²) in [6.07, 6.45) is 0. The molecule has 0 unspecified atom stereocenters. The van der Waals surface area contributed by atoms with E-state index in [2.05, 4.69) is 10.4 Å². The summed E-state index contributed by atoms with van der Waals surface area (Å²) < 4.78 is 19.2. The van der Waals surface area contributed by atoms with Gasteiger partial charge < -0.3 is 10.1 Å². The molecule has 0 radical (unpaired) electrons. The molecule has 6 heteroatoms. The van der Waals surface area contributed by atoms with Crippen molar-refractivity contribution in [3.8, 4) is 0 Å². The first-order chi connectivity index (χ1) is 9.10. The molecule has 0 saturated heterocycles. The quantitative estimate of drug-likeness (QED) is 0.861. The second kappa shape index (κ2) is 5.51. The number of rotatable bonds is 4. The number of aryl methyl sites for hydroxylation is 1. The number of carbonyl (C=O) groups excluding carboxylic acids is 1. The normalized spacial score (nSPS) is 10.3. The summed E-state index contributed by atoms with van der Waals surface area (Å²) in [7, 11) is 1.70. The Labute approximate surface area is 110 Å². The molecule has 1 aromatic carbocycles. The number of nitrogens with zero attached hydrogens (tertiary/aromatic N) is 2. The Hall–Kier alpha value is -2.37. The van der Waals surface area contributed by atoms with Gasteiger partial charge in [-0.15, -0.1) is 0 Å². The molecule has 0 amide bonds. The average Bonchev–Trinajstić information content (AvgIpc) is 2.74. The van der Waals surface area contributed by atoms with Crippen molar-refractivity contribution in [3.63, 3.8) is 0 Å². The molecule has 100 valence electrons. The molecule has 2 aromatic rings. The molecule has 5 nitrogen and oxygen atoms in total. The summed E-state index contributed by atoms with van der Waals surface area (Å²) >= 11 is 0. The van der Waals surface area contributed by atoms with Crippen LogP contribution in [0.1, 0.15) is 17.4 Å². The number of anilines is 2. The number of nitrogens with one attached hydrogen (secondary N) is 1. The zero-order valence-electron chi connectivity index (χ0n) is 10.7. The number of aromatic nitrogens is 2. The van der Waals surface area contributed by atoms with Crippen LogP contribution in [0.3, 0.4) is 0 Å². The molecule has 0 aliphatic carbocycles. The predicted molar refractivity (Wildman–Crippen MR) is 68.8 cm³/mol. The van der Waals surface area contributed by atoms with Gasteiger partial charge in [0.15, 0.2) is 5.69 Å². The molecule has 2 rings (SSSR count). The van der Waals surface area contributed by atoms with Crippen molar-refractivity contribution in [2.24, 2.45) is 7.05 Å². The largest absolute Gasteiger partial charge is 0.461 e. The van der Waals surface area contributed by atoms with Crippen LogP contribution < -0.4 is 5.32 Å². The van der Waals surface area contributed by atoms with Crippen LogP contribution in [-0.4, -0.2) is 22.4 Å². The Kier molecular flexibility index (Phi) is 3.79. The predicted octanol–water partition coefficient (Wildman–Crippen LogP) is 2.48. The van der Waals surface area contributed by atoms with E-state index in [1.807, 2.05) is 0 Å². The van der Waals surface area contributed by atoms with Crippen molar-refractivity contribution >= 4 is 17.5 Å². The van der Waals surface area contributed by atoms with Crippen LogP contribution in [0.2, 0.25) is 0 Å². The highest BCUT2D eigenvalue weighted by atomic mass is 19.1. The lowest BCUT2D eigenvalue weighted by Gasteiger charge is -2.05. The molecule has 1 N–H and O–H groups in total. The molecule has 1 aromatic heterocycles. The highest BCUT2D eigenvalue weighted by Crippen LogP contribution is 2.17. The van der Waals surface area contributed by atoms with Gasteiger partial charge in [0.05, 0.1) is 6.61 Å². The molecule has 0 aliphatic rings. The zero-order chi connectivity index (χ0) is 13.8. The Bertz CT molecular complexity index is 578. The lowest BCUT2D eigenvalue weighted by Crippen LogP contribution is -2.06. The van der Waals surface area contributed by atoms with E-state index >= 15 is 0 Å². The molecular formula is C13H14FN3O2. The first-order valence-electron chi connectivity index (χ1n) is 5.84. The minimum atomic E-state index is -0.467. The third kappa shape index (κ3) is 3.09. The lowest BCUT2D eigenvalue weighted by molar-refractivity contribution is 0.0518. The Morgan fingerprint density at radius 2 is 2.11 bits per heavy atom. The zero-order valence-corrected chi connectivity index (χ0v) is 10.7. The topological polar surface area (TPSA) is 56.1 Å². The van der Waals surface area contributed by atoms with Crippen LogP contribution >= 0.6 is 0 Å². The van der Waals surface area contributed by atoms with Gasteiger partial charge in [0, 0.05) is 18.8 Å². The molecule has 0 fully saturated rings. The van der Waals surface area contributed by atoms with Crippen LogP contribution in [-0.2, 0) is 11.8 Å². The van der Waals surface area contributed by atoms with Gasteiger partial charge in [-0.3, -0.25) is 4.68 Å². The minimum absolute atomic E-state index is 0.231. The van der Waals surface area contributed by atoms with Crippen molar-refractivity contribution in [1.82, 2.24) is 9.78 Å². The van der Waals surface area contributed by atoms with Crippen LogP contribution in [0.5, 0.6) is 0 Å². The number of carbonyl (C=O) groups is 1. The molecule has 0 saturated carbocycles. The highest BCUT2D eigenvalue weighted by molar-refractivity contribution is 5.88. The maximum absolute atomic E-state index is 12.8. The number of hydrogen-bond acceptors (Lipinski definition) is 4. The second-order valence-corrected chi connectivity index (χ2v) is 3.89. The van der Waals surface area contributed by atoms with Gasteiger partial charge in [0.25, 0.3) is 0 Å². The van der Waals surface area contributed by atoms with Gasteiger partial charge in [0.1, 0.15) is 11.6 Å². The number of hydrogen-bond donors (Lipinski definition) is 1. The number of ether oxygens (including phenoxy) is 1. The number of benzene rings is 1. The van der Waals surface area contributed by atoms with E-state index in [1.54, 1.807) is 32.2 Å². The Morgan fingerprint density at radius 3 is 2.74 bits per heavy atom. The van der Waals surface area contributed by atoms with E-state index < -0.39 is 5.97 Å². The lowest BCUT2D eigenvalue weighted by atomic mass is 10.3. The van der Waals surface area contributed by atoms with Gasteiger partial charge in [-0.05, 0) is 31.2 Å². The van der Waals surface area contributed by atoms with Gasteiger partial charge in [-0.1, -0.05) is 0 Å². The van der Waals surface area contributed by atoms with Crippen molar-refractivity contribution < 1.29 is 13.9 Å². The van der Waals surface area contributed by atoms with Crippen LogP contribution in [0.15, 0.2) is 30.3 Å². The fraction of sp³-hybridized carbons (Fsp3) is 0.231. The van der Waals surface area contributed by atoms with Gasteiger partial charge >= 0.3 is 5.97 Å². The summed E-state index contributed by atoms with van der Waals surface area (Å²) in [6, 6.07) is 7.50. The van der Waals surface area contributed by atoms with E-state index in [9.17, 15) is 9.18 Å². The maximum atomic E-state index is 12.8. The van der Waals surface area contributed by atoms with E-state index in [0.717, 1.165) is 0 Å². The fourth-order valence-corrected chi connectivity index (χ4v) is 1.57. The van der Waals surface area contributed by atoms with Crippen molar-refractivity contribution in [2.45, 2.75) is 6.92 Å². The molecule has 0 aliphatic heterocycles. The Morgan fingerprint density at radius 1 is 1.42 bits per heavy atom. The molecule has 1 heterocycles. The summed E-state index contributed by atoms with van der Waals surface area (Å²) in [5.74, 6) is -0.150. The third-order valence-electron chi connectivity index (χ3n) is 2.48. The fourth-order valence-electron chi connectivity index (χ4n) is 1.57. The van der Waals surface area contributed by atoms with E-state index in [-0.39, 0.29) is 11.5 Å². The van der Waals surface area contributed by atoms with E-state index in [1.165, 1.54) is 16.8 Å². The van der Waals surface area contributed by atoms with Crippen molar-refractivity contribution in [3.05, 3.63) is 41.8 Å². The van der Waals surface area contributed by atoms with Crippen LogP contribution in [0.4, 0.5) is 15.9 Å². The van der Waals surface area contributed by atoms with E-state index in [0.29, 0.717) is 18.1 Å². The number of halogens is 1. The molecule has 0 atom stereocenters. The van der Waals surface area contributed by atoms with Crippen molar-refractivity contribution in [2.75, 3.05) is 11.9 Å². The summed E-state index contributed by atoms with van der Waals surface area (Å²) in [6.45, 7) is 2.04. The number of esters is 1. The smallest absolute Gasteiger partial charge is 0.358 e. The molecular weight excluding hydrogens is 249 g/mol. The monoisotopic (exact) mass is 263 g/mol. The first kappa shape index (κ1) is 13.1. The van der Waals surface area contributed by atoms with Gasteiger partial charge in [-0.2, -0.15) is 5.10 Å². The highest BCUT2D eigenvalue weighted by Gasteiger charge is 2.13. The SMILES string of the molecule is CCOC(=O)c1cc(Nc2ccc(F)cc2)n(C)n1. The third-order valence-corrected chi connectivity index (χ3v) is 2.48. The van der Waals surface area contributed by atoms with E-state index in [4.69, 9.17) is 4.74 Å². The first-order valence-corrected chi connectivity index (χ1v) is 5.84. The summed E-state index contributed by atoms with van der Waals surface area (Å²) in [4.78, 5) is 11.5. The molecule has 19 heavy (non-hydrogen) atoms. The Balaban J connectivity index is 2.17.